The molecule has 0 aliphatic heterocycles. The van der Waals surface area contributed by atoms with E-state index in [0.717, 1.165) is 22.6 Å². The highest BCUT2D eigenvalue weighted by Crippen LogP contribution is 2.23. The van der Waals surface area contributed by atoms with Crippen LogP contribution in [0.1, 0.15) is 18.2 Å². The molecule has 2 aromatic heterocycles. The van der Waals surface area contributed by atoms with Gasteiger partial charge in [0, 0.05) is 17.8 Å². The van der Waals surface area contributed by atoms with Crippen LogP contribution in [-0.2, 0) is 13.2 Å². The summed E-state index contributed by atoms with van der Waals surface area (Å²) >= 11 is 6.33. The molecule has 152 valence electrons. The Labute approximate surface area is 180 Å². The molecule has 0 saturated heterocycles. The van der Waals surface area contributed by atoms with Gasteiger partial charge < -0.3 is 9.47 Å². The number of ether oxygens (including phenoxy) is 2. The Kier molecular flexibility index (Phi) is 6.30. The molecule has 0 atom stereocenters. The molecule has 0 N–H and O–H groups in total. The number of rotatable bonds is 8. The third-order valence-electron chi connectivity index (χ3n) is 4.54. The van der Waals surface area contributed by atoms with Crippen LogP contribution in [0.25, 0.3) is 11.3 Å². The largest absolute Gasteiger partial charge is 0.487 e. The lowest BCUT2D eigenvalue weighted by atomic mass is 10.1. The molecule has 0 amide bonds. The molecule has 2 heterocycles. The van der Waals surface area contributed by atoms with Crippen molar-refractivity contribution < 1.29 is 9.47 Å². The average molecular weight is 420 g/mol. The van der Waals surface area contributed by atoms with E-state index in [9.17, 15) is 0 Å². The topological polar surface area (TPSA) is 49.2 Å². The zero-order valence-corrected chi connectivity index (χ0v) is 17.4. The Bertz CT molecular complexity index is 1100. The molecule has 0 saturated carbocycles. The predicted molar refractivity (Wildman–Crippen MR) is 118 cm³/mol. The minimum absolute atomic E-state index is 0.301. The second kappa shape index (κ2) is 9.46. The lowest BCUT2D eigenvalue weighted by Gasteiger charge is -2.10. The van der Waals surface area contributed by atoms with E-state index in [2.05, 4.69) is 10.1 Å². The van der Waals surface area contributed by atoms with Crippen LogP contribution in [0.2, 0.25) is 5.02 Å². The first-order valence-electron chi connectivity index (χ1n) is 9.80. The lowest BCUT2D eigenvalue weighted by Crippen LogP contribution is -2.02. The third-order valence-corrected chi connectivity index (χ3v) is 4.88. The van der Waals surface area contributed by atoms with E-state index in [4.69, 9.17) is 21.1 Å². The summed E-state index contributed by atoms with van der Waals surface area (Å²) in [6.45, 7) is 3.52. The summed E-state index contributed by atoms with van der Waals surface area (Å²) in [7, 11) is 0. The minimum Gasteiger partial charge on any atom is -0.487 e. The van der Waals surface area contributed by atoms with Crippen molar-refractivity contribution in [1.82, 2.24) is 14.8 Å². The van der Waals surface area contributed by atoms with Gasteiger partial charge in [-0.3, -0.25) is 4.68 Å². The number of nitrogens with zero attached hydrogens (tertiary/aromatic N) is 3. The smallest absolute Gasteiger partial charge is 0.232 e. The number of pyridine rings is 1. The van der Waals surface area contributed by atoms with Crippen molar-refractivity contribution in [3.8, 4) is 22.9 Å². The molecule has 0 aliphatic rings. The molecule has 4 aromatic rings. The monoisotopic (exact) mass is 419 g/mol. The summed E-state index contributed by atoms with van der Waals surface area (Å²) in [6, 6.07) is 23.6. The maximum Gasteiger partial charge on any atom is 0.232 e. The minimum atomic E-state index is 0.301. The van der Waals surface area contributed by atoms with Crippen molar-refractivity contribution in [3.63, 3.8) is 0 Å². The van der Waals surface area contributed by atoms with Gasteiger partial charge in [0.1, 0.15) is 12.4 Å². The molecular weight excluding hydrogens is 398 g/mol. The van der Waals surface area contributed by atoms with Crippen LogP contribution < -0.4 is 9.47 Å². The second-order valence-electron chi connectivity index (χ2n) is 6.71. The van der Waals surface area contributed by atoms with E-state index in [1.54, 1.807) is 0 Å². The Hall–Kier alpha value is -3.31. The number of hydrogen-bond acceptors (Lipinski definition) is 4. The fraction of sp³-hybridized carbons (Fsp3) is 0.167. The number of hydrogen-bond donors (Lipinski definition) is 0. The zero-order chi connectivity index (χ0) is 20.8. The molecule has 0 unspecified atom stereocenters. The van der Waals surface area contributed by atoms with Gasteiger partial charge in [-0.1, -0.05) is 54.1 Å². The van der Waals surface area contributed by atoms with Gasteiger partial charge in [-0.05, 0) is 36.8 Å². The summed E-state index contributed by atoms with van der Waals surface area (Å²) in [5.41, 5.74) is 3.75. The Morgan fingerprint density at radius 1 is 0.900 bits per heavy atom. The summed E-state index contributed by atoms with van der Waals surface area (Å²) in [4.78, 5) is 4.67. The average Bonchev–Trinajstić information content (AvgIpc) is 3.22. The summed E-state index contributed by atoms with van der Waals surface area (Å²) in [5, 5.41) is 4.97. The molecule has 0 aliphatic carbocycles. The van der Waals surface area contributed by atoms with E-state index < -0.39 is 0 Å². The van der Waals surface area contributed by atoms with E-state index in [-0.39, 0.29) is 0 Å². The van der Waals surface area contributed by atoms with Crippen LogP contribution >= 0.6 is 11.6 Å². The van der Waals surface area contributed by atoms with Crippen molar-refractivity contribution in [3.05, 3.63) is 95.3 Å². The molecule has 5 nitrogen and oxygen atoms in total. The Morgan fingerprint density at radius 3 is 2.47 bits per heavy atom. The van der Waals surface area contributed by atoms with Crippen LogP contribution in [0, 0.1) is 0 Å². The van der Waals surface area contributed by atoms with Crippen molar-refractivity contribution in [1.29, 1.82) is 0 Å². The van der Waals surface area contributed by atoms with Gasteiger partial charge >= 0.3 is 0 Å². The lowest BCUT2D eigenvalue weighted by molar-refractivity contribution is 0.301. The zero-order valence-electron chi connectivity index (χ0n) is 16.7. The van der Waals surface area contributed by atoms with Crippen LogP contribution in [0.5, 0.6) is 11.6 Å². The van der Waals surface area contributed by atoms with Crippen molar-refractivity contribution in [2.24, 2.45) is 0 Å². The quantitative estimate of drug-likeness (QED) is 0.371. The molecule has 0 radical (unpaired) electrons. The maximum atomic E-state index is 6.33. The van der Waals surface area contributed by atoms with Gasteiger partial charge in [-0.15, -0.1) is 5.10 Å². The van der Waals surface area contributed by atoms with Crippen LogP contribution in [-0.4, -0.2) is 21.4 Å². The highest BCUT2D eigenvalue weighted by molar-refractivity contribution is 6.31. The molecule has 6 heteroatoms. The van der Waals surface area contributed by atoms with Gasteiger partial charge in [0.15, 0.2) is 0 Å². The van der Waals surface area contributed by atoms with Crippen molar-refractivity contribution >= 4 is 11.6 Å². The summed E-state index contributed by atoms with van der Waals surface area (Å²) in [5.74, 6) is 1.40. The van der Waals surface area contributed by atoms with Crippen molar-refractivity contribution in [2.45, 2.75) is 20.1 Å². The molecular formula is C24H22ClN3O2. The second-order valence-corrected chi connectivity index (χ2v) is 7.12. The van der Waals surface area contributed by atoms with Gasteiger partial charge in [0.2, 0.25) is 5.88 Å². The molecule has 30 heavy (non-hydrogen) atoms. The highest BCUT2D eigenvalue weighted by Gasteiger charge is 2.07. The van der Waals surface area contributed by atoms with Gasteiger partial charge in [-0.2, -0.15) is 0 Å². The first-order valence-corrected chi connectivity index (χ1v) is 10.2. The van der Waals surface area contributed by atoms with E-state index in [0.29, 0.717) is 36.4 Å². The van der Waals surface area contributed by atoms with Gasteiger partial charge in [0.05, 0.1) is 29.6 Å². The Morgan fingerprint density at radius 2 is 1.70 bits per heavy atom. The molecule has 4 rings (SSSR count). The highest BCUT2D eigenvalue weighted by atomic mass is 35.5. The van der Waals surface area contributed by atoms with E-state index >= 15 is 0 Å². The van der Waals surface area contributed by atoms with E-state index in [1.165, 1.54) is 0 Å². The van der Waals surface area contributed by atoms with Crippen molar-refractivity contribution in [2.75, 3.05) is 6.61 Å². The first kappa shape index (κ1) is 20.0. The maximum absolute atomic E-state index is 6.33. The first-order chi connectivity index (χ1) is 14.7. The Balaban J connectivity index is 1.39. The van der Waals surface area contributed by atoms with E-state index in [1.807, 2.05) is 90.6 Å². The third kappa shape index (κ3) is 4.99. The molecule has 0 fully saturated rings. The van der Waals surface area contributed by atoms with Crippen LogP contribution in [0.4, 0.5) is 0 Å². The SMILES string of the molecule is CCOc1ccn(Cc2ccc(OCc3nc(-c4ccccc4)ccc3Cl)cc2)n1. The summed E-state index contributed by atoms with van der Waals surface area (Å²) < 4.78 is 13.2. The molecule has 0 bridgehead atoms. The van der Waals surface area contributed by atoms with Crippen LogP contribution in [0.3, 0.4) is 0 Å². The number of benzene rings is 2. The fourth-order valence-corrected chi connectivity index (χ4v) is 3.20. The molecule has 2 aromatic carbocycles. The number of aromatic nitrogens is 3. The van der Waals surface area contributed by atoms with Gasteiger partial charge in [-0.25, -0.2) is 4.98 Å². The van der Waals surface area contributed by atoms with Crippen LogP contribution in [0.15, 0.2) is 79.0 Å². The fourth-order valence-electron chi connectivity index (χ4n) is 3.04. The standard InChI is InChI=1S/C24H22ClN3O2/c1-2-29-24-14-15-28(27-24)16-18-8-10-20(11-9-18)30-17-23-21(25)12-13-22(26-23)19-6-4-3-5-7-19/h3-15H,2,16-17H2,1H3. The predicted octanol–water partition coefficient (Wildman–Crippen LogP) is 5.62. The molecule has 0 spiro atoms. The normalized spacial score (nSPS) is 10.7. The summed E-state index contributed by atoms with van der Waals surface area (Å²) in [6.07, 6.45) is 1.91. The number of halogens is 1. The van der Waals surface area contributed by atoms with Gasteiger partial charge in [0.25, 0.3) is 0 Å².